The number of nitrogens with two attached hydrogens (primary N) is 1. The van der Waals surface area contributed by atoms with E-state index in [0.717, 1.165) is 24.5 Å². The average Bonchev–Trinajstić information content (AvgIpc) is 2.53. The van der Waals surface area contributed by atoms with Crippen LogP contribution in [0.1, 0.15) is 17.9 Å². The minimum atomic E-state index is 0.346. The van der Waals surface area contributed by atoms with E-state index in [1.807, 2.05) is 30.3 Å². The van der Waals surface area contributed by atoms with Crippen molar-refractivity contribution in [2.24, 2.45) is 0 Å². The summed E-state index contributed by atoms with van der Waals surface area (Å²) in [6.45, 7) is 1.35. The van der Waals surface area contributed by atoms with Gasteiger partial charge in [-0.15, -0.1) is 0 Å². The number of nitrogen functional groups attached to an aromatic ring is 1. The van der Waals surface area contributed by atoms with E-state index in [1.54, 1.807) is 13.2 Å². The predicted molar refractivity (Wildman–Crippen MR) is 82.2 cm³/mol. The first-order valence-electron chi connectivity index (χ1n) is 7.06. The molecule has 1 atom stereocenters. The monoisotopic (exact) mass is 285 g/mol. The van der Waals surface area contributed by atoms with E-state index in [4.69, 9.17) is 19.9 Å². The molecule has 4 heteroatoms. The van der Waals surface area contributed by atoms with Gasteiger partial charge in [0.15, 0.2) is 0 Å². The SMILES string of the molecule is COc1ccc(OCC2CCOc3ccccc32)cc1N. The first-order valence-corrected chi connectivity index (χ1v) is 7.06. The molecule has 3 rings (SSSR count). The fourth-order valence-electron chi connectivity index (χ4n) is 2.59. The molecule has 1 unspecified atom stereocenters. The highest BCUT2D eigenvalue weighted by Crippen LogP contribution is 2.34. The maximum absolute atomic E-state index is 5.89. The zero-order valence-electron chi connectivity index (χ0n) is 12.0. The second-order valence-corrected chi connectivity index (χ2v) is 5.09. The van der Waals surface area contributed by atoms with E-state index in [-0.39, 0.29) is 0 Å². The van der Waals surface area contributed by atoms with Gasteiger partial charge in [0.1, 0.15) is 17.2 Å². The van der Waals surface area contributed by atoms with Crippen LogP contribution in [0.25, 0.3) is 0 Å². The molecule has 0 spiro atoms. The van der Waals surface area contributed by atoms with Gasteiger partial charge in [-0.3, -0.25) is 0 Å². The smallest absolute Gasteiger partial charge is 0.142 e. The van der Waals surface area contributed by atoms with Gasteiger partial charge in [0, 0.05) is 17.5 Å². The summed E-state index contributed by atoms with van der Waals surface area (Å²) in [6, 6.07) is 13.6. The van der Waals surface area contributed by atoms with Crippen molar-refractivity contribution in [2.45, 2.75) is 12.3 Å². The van der Waals surface area contributed by atoms with Crippen LogP contribution in [0.15, 0.2) is 42.5 Å². The van der Waals surface area contributed by atoms with Gasteiger partial charge in [-0.05, 0) is 24.6 Å². The minimum absolute atomic E-state index is 0.346. The molecule has 0 radical (unpaired) electrons. The molecule has 1 aliphatic rings. The third-order valence-electron chi connectivity index (χ3n) is 3.74. The standard InChI is InChI=1S/C17H19NO3/c1-19-17-7-6-13(10-15(17)18)21-11-12-8-9-20-16-5-3-2-4-14(12)16/h2-7,10,12H,8-9,11,18H2,1H3. The third kappa shape index (κ3) is 2.89. The zero-order chi connectivity index (χ0) is 14.7. The molecule has 1 aliphatic heterocycles. The first kappa shape index (κ1) is 13.6. The van der Waals surface area contributed by atoms with Crippen LogP contribution < -0.4 is 19.9 Å². The number of ether oxygens (including phenoxy) is 3. The van der Waals surface area contributed by atoms with Crippen LogP contribution >= 0.6 is 0 Å². The van der Waals surface area contributed by atoms with E-state index < -0.39 is 0 Å². The molecule has 1 heterocycles. The maximum atomic E-state index is 5.89. The summed E-state index contributed by atoms with van der Waals surface area (Å²) >= 11 is 0. The van der Waals surface area contributed by atoms with Gasteiger partial charge in [0.05, 0.1) is 26.0 Å². The predicted octanol–water partition coefficient (Wildman–Crippen LogP) is 3.22. The lowest BCUT2D eigenvalue weighted by Crippen LogP contribution is -2.19. The lowest BCUT2D eigenvalue weighted by atomic mass is 9.94. The molecule has 0 amide bonds. The lowest BCUT2D eigenvalue weighted by Gasteiger charge is -2.25. The van der Waals surface area contributed by atoms with Crippen LogP contribution in [0, 0.1) is 0 Å². The Morgan fingerprint density at radius 3 is 2.90 bits per heavy atom. The molecular formula is C17H19NO3. The number of rotatable bonds is 4. The Bertz CT molecular complexity index is 627. The number of para-hydroxylation sites is 1. The Hall–Kier alpha value is -2.36. The van der Waals surface area contributed by atoms with Crippen molar-refractivity contribution < 1.29 is 14.2 Å². The van der Waals surface area contributed by atoms with Crippen molar-refractivity contribution in [1.29, 1.82) is 0 Å². The Morgan fingerprint density at radius 2 is 2.10 bits per heavy atom. The molecule has 0 saturated carbocycles. The van der Waals surface area contributed by atoms with Crippen LogP contribution in [0.3, 0.4) is 0 Å². The van der Waals surface area contributed by atoms with E-state index >= 15 is 0 Å². The summed E-state index contributed by atoms with van der Waals surface area (Å²) in [4.78, 5) is 0. The van der Waals surface area contributed by atoms with Gasteiger partial charge >= 0.3 is 0 Å². The van der Waals surface area contributed by atoms with Gasteiger partial charge in [-0.25, -0.2) is 0 Å². The topological polar surface area (TPSA) is 53.7 Å². The van der Waals surface area contributed by atoms with Crippen molar-refractivity contribution in [3.8, 4) is 17.2 Å². The summed E-state index contributed by atoms with van der Waals surface area (Å²) in [6.07, 6.45) is 0.961. The van der Waals surface area contributed by atoms with Crippen LogP contribution in [-0.2, 0) is 0 Å². The summed E-state index contributed by atoms with van der Waals surface area (Å²) in [5.41, 5.74) is 7.69. The van der Waals surface area contributed by atoms with Crippen LogP contribution in [-0.4, -0.2) is 20.3 Å². The highest BCUT2D eigenvalue weighted by Gasteiger charge is 2.21. The summed E-state index contributed by atoms with van der Waals surface area (Å²) in [5, 5.41) is 0. The molecule has 0 aromatic heterocycles. The average molecular weight is 285 g/mol. The Balaban J connectivity index is 1.70. The van der Waals surface area contributed by atoms with Gasteiger partial charge in [0.25, 0.3) is 0 Å². The molecule has 2 aromatic carbocycles. The van der Waals surface area contributed by atoms with Gasteiger partial charge in [-0.2, -0.15) is 0 Å². The maximum Gasteiger partial charge on any atom is 0.142 e. The summed E-state index contributed by atoms with van der Waals surface area (Å²) in [5.74, 6) is 2.74. The molecule has 0 bridgehead atoms. The van der Waals surface area contributed by atoms with Crippen molar-refractivity contribution in [3.63, 3.8) is 0 Å². The molecule has 0 aliphatic carbocycles. The number of methoxy groups -OCH3 is 1. The fraction of sp³-hybridized carbons (Fsp3) is 0.294. The van der Waals surface area contributed by atoms with Crippen molar-refractivity contribution in [3.05, 3.63) is 48.0 Å². The van der Waals surface area contributed by atoms with Crippen LogP contribution in [0.2, 0.25) is 0 Å². The number of anilines is 1. The number of hydrogen-bond donors (Lipinski definition) is 1. The summed E-state index contributed by atoms with van der Waals surface area (Å²) in [7, 11) is 1.60. The second kappa shape index (κ2) is 5.95. The molecule has 110 valence electrons. The van der Waals surface area contributed by atoms with E-state index in [1.165, 1.54) is 5.56 Å². The van der Waals surface area contributed by atoms with E-state index in [2.05, 4.69) is 6.07 Å². The van der Waals surface area contributed by atoms with Crippen molar-refractivity contribution in [2.75, 3.05) is 26.1 Å². The first-order chi connectivity index (χ1) is 10.3. The second-order valence-electron chi connectivity index (χ2n) is 5.09. The number of benzene rings is 2. The lowest BCUT2D eigenvalue weighted by molar-refractivity contribution is 0.217. The van der Waals surface area contributed by atoms with E-state index in [9.17, 15) is 0 Å². The minimum Gasteiger partial charge on any atom is -0.495 e. The number of fused-ring (bicyclic) bond motifs is 1. The molecule has 4 nitrogen and oxygen atoms in total. The third-order valence-corrected chi connectivity index (χ3v) is 3.74. The number of hydrogen-bond acceptors (Lipinski definition) is 4. The molecule has 21 heavy (non-hydrogen) atoms. The van der Waals surface area contributed by atoms with Crippen LogP contribution in [0.4, 0.5) is 5.69 Å². The molecular weight excluding hydrogens is 266 g/mol. The Kier molecular flexibility index (Phi) is 3.86. The summed E-state index contributed by atoms with van der Waals surface area (Å²) < 4.78 is 16.7. The Labute approximate surface area is 124 Å². The van der Waals surface area contributed by atoms with Gasteiger partial charge in [-0.1, -0.05) is 18.2 Å². The van der Waals surface area contributed by atoms with E-state index in [0.29, 0.717) is 24.0 Å². The highest BCUT2D eigenvalue weighted by atomic mass is 16.5. The van der Waals surface area contributed by atoms with Crippen molar-refractivity contribution >= 4 is 5.69 Å². The van der Waals surface area contributed by atoms with Crippen molar-refractivity contribution in [1.82, 2.24) is 0 Å². The Morgan fingerprint density at radius 1 is 1.24 bits per heavy atom. The molecule has 2 N–H and O–H groups in total. The molecule has 0 saturated heterocycles. The molecule has 2 aromatic rings. The fourth-order valence-corrected chi connectivity index (χ4v) is 2.59. The van der Waals surface area contributed by atoms with Gasteiger partial charge in [0.2, 0.25) is 0 Å². The van der Waals surface area contributed by atoms with Crippen LogP contribution in [0.5, 0.6) is 17.2 Å². The van der Waals surface area contributed by atoms with Gasteiger partial charge < -0.3 is 19.9 Å². The normalized spacial score (nSPS) is 16.7. The zero-order valence-corrected chi connectivity index (χ0v) is 12.0. The largest absolute Gasteiger partial charge is 0.495 e. The molecule has 0 fully saturated rings. The quantitative estimate of drug-likeness (QED) is 0.876. The highest BCUT2D eigenvalue weighted by molar-refractivity contribution is 5.56.